The van der Waals surface area contributed by atoms with Crippen LogP contribution in [0.2, 0.25) is 0 Å². The van der Waals surface area contributed by atoms with E-state index >= 15 is 0 Å². The van der Waals surface area contributed by atoms with Crippen molar-refractivity contribution in [2.45, 2.75) is 14.7 Å². The second-order valence-electron chi connectivity index (χ2n) is 4.79. The molecule has 0 aliphatic rings. The van der Waals surface area contributed by atoms with Gasteiger partial charge in [0.1, 0.15) is 0 Å². The fourth-order valence-corrected chi connectivity index (χ4v) is 5.82. The molecule has 0 fully saturated rings. The fraction of sp³-hybridized carbons (Fsp3) is 0. The predicted octanol–water partition coefficient (Wildman–Crippen LogP) is 5.53. The molecule has 0 unspecified atom stereocenters. The number of hydrogen-bond donors (Lipinski definition) is 2. The normalized spacial score (nSPS) is 12.0. The Morgan fingerprint density at radius 2 is 1.14 bits per heavy atom. The first-order valence-electron chi connectivity index (χ1n) is 6.78. The number of para-hydroxylation sites is 1. The highest BCUT2D eigenvalue weighted by molar-refractivity contribution is 8.51. The Kier molecular flexibility index (Phi) is 4.01. The van der Waals surface area contributed by atoms with Crippen molar-refractivity contribution in [3.63, 3.8) is 0 Å². The van der Waals surface area contributed by atoms with E-state index in [9.17, 15) is 10.2 Å². The number of halogens is 1. The highest BCUT2D eigenvalue weighted by Crippen LogP contribution is 2.74. The van der Waals surface area contributed by atoms with Gasteiger partial charge in [-0.3, -0.25) is 0 Å². The molecule has 4 heteroatoms. The number of aromatic hydroxyl groups is 2. The highest BCUT2D eigenvalue weighted by atomic mass is 35.7. The van der Waals surface area contributed by atoms with Crippen molar-refractivity contribution in [1.82, 2.24) is 0 Å². The lowest BCUT2D eigenvalue weighted by Crippen LogP contribution is -1.97. The molecular formula is C18H15ClO2S. The molecule has 0 heterocycles. The Bertz CT molecular complexity index is 736. The summed E-state index contributed by atoms with van der Waals surface area (Å²) in [4.78, 5) is 2.35. The predicted molar refractivity (Wildman–Crippen MR) is 90.9 cm³/mol. The van der Waals surface area contributed by atoms with Gasteiger partial charge < -0.3 is 10.2 Å². The zero-order valence-corrected chi connectivity index (χ0v) is 13.3. The minimum atomic E-state index is -2.17. The van der Waals surface area contributed by atoms with Crippen molar-refractivity contribution in [3.05, 3.63) is 78.9 Å². The Labute approximate surface area is 135 Å². The summed E-state index contributed by atoms with van der Waals surface area (Å²) in [6.07, 6.45) is 0. The van der Waals surface area contributed by atoms with Gasteiger partial charge in [-0.25, -0.2) is 0 Å². The minimum Gasteiger partial charge on any atom is -0.504 e. The zero-order chi connectivity index (χ0) is 15.6. The summed E-state index contributed by atoms with van der Waals surface area (Å²) in [6.45, 7) is 0. The van der Waals surface area contributed by atoms with Gasteiger partial charge in [0.2, 0.25) is 0 Å². The average Bonchev–Trinajstić information content (AvgIpc) is 2.58. The van der Waals surface area contributed by atoms with Crippen LogP contribution < -0.4 is 0 Å². The maximum Gasteiger partial charge on any atom is 0.171 e. The smallest absolute Gasteiger partial charge is 0.171 e. The molecule has 0 atom stereocenters. The van der Waals surface area contributed by atoms with Crippen LogP contribution >= 0.6 is 19.9 Å². The van der Waals surface area contributed by atoms with Crippen LogP contribution in [0.3, 0.4) is 0 Å². The first-order chi connectivity index (χ1) is 10.6. The number of rotatable bonds is 3. The second-order valence-corrected chi connectivity index (χ2v) is 8.63. The Morgan fingerprint density at radius 3 is 1.64 bits per heavy atom. The molecule has 0 bridgehead atoms. The van der Waals surface area contributed by atoms with Crippen molar-refractivity contribution in [2.75, 3.05) is 0 Å². The summed E-state index contributed by atoms with van der Waals surface area (Å²) in [5.74, 6) is -0.331. The lowest BCUT2D eigenvalue weighted by Gasteiger charge is -2.34. The minimum absolute atomic E-state index is 0.165. The molecule has 0 amide bonds. The van der Waals surface area contributed by atoms with E-state index in [2.05, 4.69) is 0 Å². The average molecular weight is 331 g/mol. The third kappa shape index (κ3) is 2.43. The van der Waals surface area contributed by atoms with Crippen molar-refractivity contribution in [1.29, 1.82) is 0 Å². The van der Waals surface area contributed by atoms with Crippen LogP contribution in [0, 0.1) is 0 Å². The molecule has 2 nitrogen and oxygen atoms in total. The Hall–Kier alpha value is -2.10. The van der Waals surface area contributed by atoms with E-state index in [0.29, 0.717) is 4.90 Å². The van der Waals surface area contributed by atoms with Gasteiger partial charge >= 0.3 is 0 Å². The maximum atomic E-state index is 10.3. The molecule has 22 heavy (non-hydrogen) atoms. The summed E-state index contributed by atoms with van der Waals surface area (Å²) in [6, 6.07) is 24.2. The quantitative estimate of drug-likeness (QED) is 0.619. The molecule has 0 aliphatic heterocycles. The van der Waals surface area contributed by atoms with Crippen LogP contribution in [0.5, 0.6) is 11.5 Å². The molecule has 3 aromatic carbocycles. The van der Waals surface area contributed by atoms with E-state index in [0.717, 1.165) is 9.79 Å². The van der Waals surface area contributed by atoms with Crippen molar-refractivity contribution < 1.29 is 10.2 Å². The molecule has 0 spiro atoms. The van der Waals surface area contributed by atoms with Crippen molar-refractivity contribution >= 4 is 19.9 Å². The Morgan fingerprint density at radius 1 is 0.636 bits per heavy atom. The van der Waals surface area contributed by atoms with Crippen LogP contribution in [-0.2, 0) is 0 Å². The fourth-order valence-electron chi connectivity index (χ4n) is 2.34. The largest absolute Gasteiger partial charge is 0.504 e. The molecule has 0 radical (unpaired) electrons. The summed E-state index contributed by atoms with van der Waals surface area (Å²) in [7, 11) is 4.94. The number of benzene rings is 3. The summed E-state index contributed by atoms with van der Waals surface area (Å²) in [5, 5.41) is 20.2. The molecular weight excluding hydrogens is 316 g/mol. The van der Waals surface area contributed by atoms with Gasteiger partial charge in [0.15, 0.2) is 11.5 Å². The van der Waals surface area contributed by atoms with Crippen LogP contribution in [0.25, 0.3) is 0 Å². The first kappa shape index (κ1) is 14.8. The topological polar surface area (TPSA) is 40.5 Å². The molecule has 0 saturated heterocycles. The third-order valence-electron chi connectivity index (χ3n) is 3.42. The van der Waals surface area contributed by atoms with Crippen LogP contribution in [0.1, 0.15) is 0 Å². The monoisotopic (exact) mass is 330 g/mol. The molecule has 3 rings (SSSR count). The van der Waals surface area contributed by atoms with Gasteiger partial charge in [-0.2, -0.15) is 0 Å². The van der Waals surface area contributed by atoms with Gasteiger partial charge in [0, 0.05) is 9.79 Å². The van der Waals surface area contributed by atoms with Crippen molar-refractivity contribution in [2.24, 2.45) is 0 Å². The van der Waals surface area contributed by atoms with E-state index in [1.807, 2.05) is 60.7 Å². The molecule has 0 aromatic heterocycles. The first-order valence-corrected chi connectivity index (χ1v) is 9.24. The number of phenolic OH excluding ortho intramolecular Hbond substituents is 2. The lowest BCUT2D eigenvalue weighted by molar-refractivity contribution is 0.394. The maximum absolute atomic E-state index is 10.3. The van der Waals surface area contributed by atoms with Crippen molar-refractivity contribution in [3.8, 4) is 11.5 Å². The summed E-state index contributed by atoms with van der Waals surface area (Å²) >= 11 is 0. The lowest BCUT2D eigenvalue weighted by atomic mass is 10.3. The van der Waals surface area contributed by atoms with E-state index in [-0.39, 0.29) is 11.5 Å². The van der Waals surface area contributed by atoms with E-state index < -0.39 is 9.24 Å². The molecule has 2 N–H and O–H groups in total. The number of hydrogen-bond acceptors (Lipinski definition) is 2. The Balaban J connectivity index is 2.31. The van der Waals surface area contributed by atoms with Crippen LogP contribution in [0.4, 0.5) is 0 Å². The molecule has 112 valence electrons. The van der Waals surface area contributed by atoms with E-state index in [1.54, 1.807) is 12.1 Å². The zero-order valence-electron chi connectivity index (χ0n) is 11.7. The summed E-state index contributed by atoms with van der Waals surface area (Å²) in [5.41, 5.74) is 0. The van der Waals surface area contributed by atoms with Gasteiger partial charge in [-0.1, -0.05) is 62.4 Å². The van der Waals surface area contributed by atoms with E-state index in [1.165, 1.54) is 6.07 Å². The van der Waals surface area contributed by atoms with Gasteiger partial charge in [-0.05, 0) is 36.4 Å². The molecule has 0 saturated carbocycles. The highest BCUT2D eigenvalue weighted by Gasteiger charge is 2.32. The second kappa shape index (κ2) is 5.95. The summed E-state index contributed by atoms with van der Waals surface area (Å²) < 4.78 is 0. The molecule has 0 aliphatic carbocycles. The van der Waals surface area contributed by atoms with E-state index in [4.69, 9.17) is 10.7 Å². The van der Waals surface area contributed by atoms with Gasteiger partial charge in [0.25, 0.3) is 0 Å². The standard InChI is InChI=1S/C18H15ClO2S/c19-22(14-8-3-1-4-9-14,15-10-5-2-6-11-15)17-13-7-12-16(20)18(17)21/h1-13,20-21H. The molecule has 3 aromatic rings. The van der Waals surface area contributed by atoms with Gasteiger partial charge in [0.05, 0.1) is 4.90 Å². The number of phenols is 2. The SMILES string of the molecule is Oc1cccc(S(Cl)(c2ccccc2)c2ccccc2)c1O. The third-order valence-corrected chi connectivity index (χ3v) is 7.76. The van der Waals surface area contributed by atoms with Gasteiger partial charge in [-0.15, -0.1) is 0 Å². The van der Waals surface area contributed by atoms with Crippen LogP contribution in [0.15, 0.2) is 93.5 Å². The van der Waals surface area contributed by atoms with Crippen LogP contribution in [-0.4, -0.2) is 10.2 Å².